The van der Waals surface area contributed by atoms with Crippen molar-refractivity contribution in [1.82, 2.24) is 0 Å². The van der Waals surface area contributed by atoms with Crippen molar-refractivity contribution in [1.29, 1.82) is 0 Å². The minimum atomic E-state index is -0.452. The van der Waals surface area contributed by atoms with E-state index in [0.717, 1.165) is 12.8 Å². The number of hydrogen-bond acceptors (Lipinski definition) is 3. The standard InChI is InChI=1S/C18H26O3/c1-11-9-14-13(17(20)10-15(14)18(11)21)7-8-16(19)12-5-3-2-4-6-12/h7-8,12-17,19-20H,1-6,9-10H2/t13-,14-,15-,16-,17+/m0/s1. The van der Waals surface area contributed by atoms with Crippen molar-refractivity contribution in [3.05, 3.63) is 24.3 Å². The Labute approximate surface area is 126 Å². The molecule has 0 aliphatic heterocycles. The monoisotopic (exact) mass is 290 g/mol. The van der Waals surface area contributed by atoms with Crippen LogP contribution in [0.3, 0.4) is 0 Å². The predicted octanol–water partition coefficient (Wildman–Crippen LogP) is 2.63. The van der Waals surface area contributed by atoms with Crippen molar-refractivity contribution in [3.63, 3.8) is 0 Å². The first kappa shape index (κ1) is 15.0. The molecule has 0 heterocycles. The third-order valence-electron chi connectivity index (χ3n) is 5.78. The highest BCUT2D eigenvalue weighted by Crippen LogP contribution is 2.48. The minimum absolute atomic E-state index is 0.00330. The van der Waals surface area contributed by atoms with Crippen LogP contribution < -0.4 is 0 Å². The van der Waals surface area contributed by atoms with Crippen LogP contribution in [0.15, 0.2) is 24.3 Å². The van der Waals surface area contributed by atoms with Crippen LogP contribution in [0.4, 0.5) is 0 Å². The van der Waals surface area contributed by atoms with Gasteiger partial charge in [-0.2, -0.15) is 0 Å². The van der Waals surface area contributed by atoms with Crippen molar-refractivity contribution >= 4 is 5.78 Å². The Hall–Kier alpha value is -0.930. The van der Waals surface area contributed by atoms with Gasteiger partial charge in [-0.05, 0) is 43.1 Å². The average Bonchev–Trinajstić information content (AvgIpc) is 2.94. The zero-order valence-corrected chi connectivity index (χ0v) is 12.6. The van der Waals surface area contributed by atoms with Crippen molar-refractivity contribution in [2.24, 2.45) is 23.7 Å². The molecule has 3 heteroatoms. The zero-order chi connectivity index (χ0) is 15.0. The lowest BCUT2D eigenvalue weighted by Gasteiger charge is -2.25. The maximum Gasteiger partial charge on any atom is 0.161 e. The summed E-state index contributed by atoms with van der Waals surface area (Å²) >= 11 is 0. The summed E-state index contributed by atoms with van der Waals surface area (Å²) in [7, 11) is 0. The summed E-state index contributed by atoms with van der Waals surface area (Å²) in [4.78, 5) is 12.0. The van der Waals surface area contributed by atoms with E-state index in [-0.39, 0.29) is 23.5 Å². The molecule has 3 fully saturated rings. The molecule has 21 heavy (non-hydrogen) atoms. The van der Waals surface area contributed by atoms with Crippen LogP contribution in [0.25, 0.3) is 0 Å². The van der Waals surface area contributed by atoms with E-state index in [1.54, 1.807) is 0 Å². The Morgan fingerprint density at radius 1 is 1.24 bits per heavy atom. The van der Waals surface area contributed by atoms with E-state index in [0.29, 0.717) is 24.3 Å². The second-order valence-electron chi connectivity index (χ2n) is 7.10. The SMILES string of the molecule is C=C1C[C@H]2[C@H](C=C[C@H](O)C3CCCCC3)[C@H](O)C[C@@H]2C1=O. The van der Waals surface area contributed by atoms with Crippen LogP contribution in [0.2, 0.25) is 0 Å². The van der Waals surface area contributed by atoms with Gasteiger partial charge in [0.05, 0.1) is 12.2 Å². The molecular formula is C18H26O3. The van der Waals surface area contributed by atoms with E-state index in [1.807, 2.05) is 12.2 Å². The molecule has 3 aliphatic rings. The molecule has 0 aromatic heterocycles. The number of allylic oxidation sites excluding steroid dienone is 1. The van der Waals surface area contributed by atoms with Crippen molar-refractivity contribution in [2.75, 3.05) is 0 Å². The van der Waals surface area contributed by atoms with Gasteiger partial charge in [0.25, 0.3) is 0 Å². The number of hydrogen-bond donors (Lipinski definition) is 2. The summed E-state index contributed by atoms with van der Waals surface area (Å²) in [6.45, 7) is 3.84. The van der Waals surface area contributed by atoms with Gasteiger partial charge in [0.15, 0.2) is 5.78 Å². The van der Waals surface area contributed by atoms with Crippen LogP contribution in [0, 0.1) is 23.7 Å². The molecule has 0 aromatic carbocycles. The van der Waals surface area contributed by atoms with Crippen LogP contribution >= 0.6 is 0 Å². The molecule has 0 unspecified atom stereocenters. The topological polar surface area (TPSA) is 57.5 Å². The number of aliphatic hydroxyl groups excluding tert-OH is 2. The predicted molar refractivity (Wildman–Crippen MR) is 81.6 cm³/mol. The fourth-order valence-corrected chi connectivity index (χ4v) is 4.52. The van der Waals surface area contributed by atoms with Gasteiger partial charge >= 0.3 is 0 Å². The van der Waals surface area contributed by atoms with E-state index >= 15 is 0 Å². The number of aliphatic hydroxyl groups is 2. The Kier molecular flexibility index (Phi) is 4.32. The van der Waals surface area contributed by atoms with Crippen molar-refractivity contribution in [2.45, 2.75) is 57.2 Å². The lowest BCUT2D eigenvalue weighted by atomic mass is 9.84. The maximum atomic E-state index is 12.0. The number of rotatable bonds is 3. The summed E-state index contributed by atoms with van der Waals surface area (Å²) in [5.41, 5.74) is 0.711. The Morgan fingerprint density at radius 2 is 1.95 bits per heavy atom. The van der Waals surface area contributed by atoms with E-state index in [4.69, 9.17) is 0 Å². The number of Topliss-reactive ketones (excluding diaryl/α,β-unsaturated/α-hetero) is 1. The smallest absolute Gasteiger partial charge is 0.161 e. The van der Waals surface area contributed by atoms with Crippen LogP contribution in [0.1, 0.15) is 44.9 Å². The van der Waals surface area contributed by atoms with Gasteiger partial charge < -0.3 is 10.2 Å². The van der Waals surface area contributed by atoms with E-state index in [9.17, 15) is 15.0 Å². The highest BCUT2D eigenvalue weighted by molar-refractivity contribution is 5.99. The molecule has 0 amide bonds. The molecule has 116 valence electrons. The second-order valence-corrected chi connectivity index (χ2v) is 7.10. The molecule has 0 aromatic rings. The minimum Gasteiger partial charge on any atom is -0.392 e. The van der Waals surface area contributed by atoms with Gasteiger partial charge in [0.2, 0.25) is 0 Å². The second kappa shape index (κ2) is 6.05. The normalized spacial score (nSPS) is 39.1. The van der Waals surface area contributed by atoms with Gasteiger partial charge in [-0.15, -0.1) is 0 Å². The summed E-state index contributed by atoms with van der Waals surface area (Å²) in [5.74, 6) is 0.646. The van der Waals surface area contributed by atoms with Crippen LogP contribution in [-0.4, -0.2) is 28.2 Å². The van der Waals surface area contributed by atoms with Gasteiger partial charge in [-0.3, -0.25) is 4.79 Å². The van der Waals surface area contributed by atoms with E-state index in [2.05, 4.69) is 6.58 Å². The van der Waals surface area contributed by atoms with Gasteiger partial charge in [-0.1, -0.05) is 38.0 Å². The Bertz CT molecular complexity index is 447. The lowest BCUT2D eigenvalue weighted by Crippen LogP contribution is -2.22. The molecule has 2 N–H and O–H groups in total. The molecular weight excluding hydrogens is 264 g/mol. The van der Waals surface area contributed by atoms with Crippen molar-refractivity contribution in [3.8, 4) is 0 Å². The van der Waals surface area contributed by atoms with Gasteiger partial charge in [-0.25, -0.2) is 0 Å². The molecule has 5 atom stereocenters. The van der Waals surface area contributed by atoms with Gasteiger partial charge in [0.1, 0.15) is 0 Å². The van der Waals surface area contributed by atoms with Crippen LogP contribution in [-0.2, 0) is 4.79 Å². The number of fused-ring (bicyclic) bond motifs is 1. The molecule has 3 aliphatic carbocycles. The Balaban J connectivity index is 1.64. The van der Waals surface area contributed by atoms with Gasteiger partial charge in [0, 0.05) is 11.8 Å². The zero-order valence-electron chi connectivity index (χ0n) is 12.6. The van der Waals surface area contributed by atoms with E-state index < -0.39 is 12.2 Å². The maximum absolute atomic E-state index is 12.0. The Morgan fingerprint density at radius 3 is 2.67 bits per heavy atom. The quantitative estimate of drug-likeness (QED) is 0.620. The lowest BCUT2D eigenvalue weighted by molar-refractivity contribution is -0.118. The molecule has 0 spiro atoms. The molecule has 0 bridgehead atoms. The molecule has 0 radical (unpaired) electrons. The fourth-order valence-electron chi connectivity index (χ4n) is 4.52. The van der Waals surface area contributed by atoms with Crippen LogP contribution in [0.5, 0.6) is 0 Å². The van der Waals surface area contributed by atoms with E-state index in [1.165, 1.54) is 19.3 Å². The average molecular weight is 290 g/mol. The third-order valence-corrected chi connectivity index (χ3v) is 5.78. The largest absolute Gasteiger partial charge is 0.392 e. The summed E-state index contributed by atoms with van der Waals surface area (Å²) in [6, 6.07) is 0. The summed E-state index contributed by atoms with van der Waals surface area (Å²) < 4.78 is 0. The summed E-state index contributed by atoms with van der Waals surface area (Å²) in [6.07, 6.45) is 10.1. The molecule has 3 rings (SSSR count). The fraction of sp³-hybridized carbons (Fsp3) is 0.722. The first-order valence-electron chi connectivity index (χ1n) is 8.34. The number of carbonyl (C=O) groups excluding carboxylic acids is 1. The first-order chi connectivity index (χ1) is 10.1. The van der Waals surface area contributed by atoms with Crippen molar-refractivity contribution < 1.29 is 15.0 Å². The highest BCUT2D eigenvalue weighted by atomic mass is 16.3. The third kappa shape index (κ3) is 2.86. The number of ketones is 1. The number of carbonyl (C=O) groups is 1. The molecule has 3 nitrogen and oxygen atoms in total. The molecule has 3 saturated carbocycles. The highest BCUT2D eigenvalue weighted by Gasteiger charge is 2.49. The first-order valence-corrected chi connectivity index (χ1v) is 8.34. The summed E-state index contributed by atoms with van der Waals surface area (Å²) in [5, 5.41) is 20.5. The molecule has 0 saturated heterocycles.